The number of fused-ring (bicyclic) bond motifs is 1. The molecule has 0 atom stereocenters. The van der Waals surface area contributed by atoms with Gasteiger partial charge in [-0.25, -0.2) is 29.4 Å². The van der Waals surface area contributed by atoms with Crippen molar-refractivity contribution in [1.82, 2.24) is 19.9 Å². The minimum Gasteiger partial charge on any atom is -0.465 e. The molecule has 1 saturated heterocycles. The largest absolute Gasteiger partial charge is 0.465 e. The van der Waals surface area contributed by atoms with E-state index in [2.05, 4.69) is 15.0 Å². The Balaban J connectivity index is 1.33. The topological polar surface area (TPSA) is 144 Å². The van der Waals surface area contributed by atoms with Crippen LogP contribution in [0.25, 0.3) is 10.2 Å². The quantitative estimate of drug-likeness (QED) is 0.256. The number of benzene rings is 2. The highest BCUT2D eigenvalue weighted by Gasteiger charge is 2.30. The number of nitrogens with zero attached hydrogens (tertiary/aromatic N) is 5. The van der Waals surface area contributed by atoms with Gasteiger partial charge in [0, 0.05) is 25.5 Å². The number of anilines is 2. The van der Waals surface area contributed by atoms with Gasteiger partial charge in [-0.3, -0.25) is 4.79 Å². The minimum atomic E-state index is -1.01. The fourth-order valence-electron chi connectivity index (χ4n) is 4.27. The van der Waals surface area contributed by atoms with Crippen LogP contribution in [0.15, 0.2) is 60.9 Å². The standard InChI is InChI=1S/C29H29N5O7S/c1-29(2,3)41-28(38)34(26-32-21-6-4-5-7-22(21)42-26)19-8-10-20(11-9-19)39-23-24(31-15-14-30-23)40-25(35)18-12-16-33(17-13-18)27(36)37/h4-11,14-15,18H,12-13,16-17H2,1-3H3,(H,36,37). The lowest BCUT2D eigenvalue weighted by Crippen LogP contribution is -2.40. The van der Waals surface area contributed by atoms with Gasteiger partial charge in [0.25, 0.3) is 11.8 Å². The number of carboxylic acid groups (broad SMARTS) is 1. The SMILES string of the molecule is CC(C)(C)OC(=O)N(c1ccc(Oc2nccnc2OC(=O)C2CCN(C(=O)O)CC2)cc1)c1nc2ccccc2s1. The lowest BCUT2D eigenvalue weighted by molar-refractivity contribution is -0.140. The zero-order chi connectivity index (χ0) is 29.9. The summed E-state index contributed by atoms with van der Waals surface area (Å²) in [5.41, 5.74) is 0.555. The first-order valence-corrected chi connectivity index (χ1v) is 14.1. The minimum absolute atomic E-state index is 0.0169. The zero-order valence-corrected chi connectivity index (χ0v) is 24.0. The Kier molecular flexibility index (Phi) is 8.20. The number of piperidine rings is 1. The predicted molar refractivity (Wildman–Crippen MR) is 154 cm³/mol. The van der Waals surface area contributed by atoms with Gasteiger partial charge in [0.1, 0.15) is 11.4 Å². The van der Waals surface area contributed by atoms with Crippen LogP contribution in [0.1, 0.15) is 33.6 Å². The van der Waals surface area contributed by atoms with Crippen molar-refractivity contribution < 1.29 is 33.7 Å². The smallest absolute Gasteiger partial charge is 0.421 e. The van der Waals surface area contributed by atoms with Crippen molar-refractivity contribution in [1.29, 1.82) is 0 Å². The van der Waals surface area contributed by atoms with Gasteiger partial charge in [0.05, 0.1) is 21.8 Å². The maximum atomic E-state index is 13.3. The van der Waals surface area contributed by atoms with Gasteiger partial charge in [-0.2, -0.15) is 0 Å². The molecule has 3 heterocycles. The Labute approximate surface area is 245 Å². The number of thiazole rings is 1. The van der Waals surface area contributed by atoms with E-state index in [-0.39, 0.29) is 24.8 Å². The maximum absolute atomic E-state index is 13.3. The van der Waals surface area contributed by atoms with Gasteiger partial charge in [-0.1, -0.05) is 23.5 Å². The molecule has 2 aromatic carbocycles. The van der Waals surface area contributed by atoms with Crippen molar-refractivity contribution in [2.75, 3.05) is 18.0 Å². The third-order valence-corrected chi connectivity index (χ3v) is 7.31. The zero-order valence-electron chi connectivity index (χ0n) is 23.2. The Hall–Kier alpha value is -4.78. The van der Waals surface area contributed by atoms with Crippen LogP contribution in [0.4, 0.5) is 20.4 Å². The number of carbonyl (C=O) groups is 3. The number of rotatable bonds is 6. The summed E-state index contributed by atoms with van der Waals surface area (Å²) < 4.78 is 18.0. The Morgan fingerprint density at radius 1 is 0.976 bits per heavy atom. The first kappa shape index (κ1) is 28.7. The summed E-state index contributed by atoms with van der Waals surface area (Å²) in [7, 11) is 0. The molecule has 1 aliphatic rings. The van der Waals surface area contributed by atoms with E-state index in [9.17, 15) is 14.4 Å². The molecule has 0 unspecified atom stereocenters. The summed E-state index contributed by atoms with van der Waals surface area (Å²) in [4.78, 5) is 52.8. The number of hydrogen-bond donors (Lipinski definition) is 1. The van der Waals surface area contributed by atoms with Crippen molar-refractivity contribution in [3.63, 3.8) is 0 Å². The van der Waals surface area contributed by atoms with E-state index in [0.29, 0.717) is 29.4 Å². The molecule has 5 rings (SSSR count). The first-order chi connectivity index (χ1) is 20.1. The Morgan fingerprint density at radius 3 is 2.29 bits per heavy atom. The number of para-hydroxylation sites is 1. The summed E-state index contributed by atoms with van der Waals surface area (Å²) in [6.07, 6.45) is 1.91. The molecule has 13 heteroatoms. The Bertz CT molecular complexity index is 1560. The molecular formula is C29H29N5O7S. The second-order valence-electron chi connectivity index (χ2n) is 10.5. The average Bonchev–Trinajstić information content (AvgIpc) is 3.38. The Morgan fingerprint density at radius 2 is 1.64 bits per heavy atom. The van der Waals surface area contributed by atoms with Crippen LogP contribution >= 0.6 is 11.3 Å². The fourth-order valence-corrected chi connectivity index (χ4v) is 5.25. The van der Waals surface area contributed by atoms with Crippen molar-refractivity contribution >= 4 is 50.5 Å². The number of hydrogen-bond acceptors (Lipinski definition) is 10. The lowest BCUT2D eigenvalue weighted by atomic mass is 9.97. The molecule has 0 spiro atoms. The summed E-state index contributed by atoms with van der Waals surface area (Å²) in [5.74, 6) is -0.741. The van der Waals surface area contributed by atoms with Crippen molar-refractivity contribution in [2.45, 2.75) is 39.2 Å². The molecule has 0 saturated carbocycles. The van der Waals surface area contributed by atoms with Crippen LogP contribution in [0.2, 0.25) is 0 Å². The number of likely N-dealkylation sites (tertiary alicyclic amines) is 1. The normalized spacial score (nSPS) is 13.9. The van der Waals surface area contributed by atoms with E-state index in [1.807, 2.05) is 24.3 Å². The summed E-state index contributed by atoms with van der Waals surface area (Å²) in [6, 6.07) is 14.3. The third-order valence-electron chi connectivity index (χ3n) is 6.29. The molecule has 0 aliphatic carbocycles. The summed E-state index contributed by atoms with van der Waals surface area (Å²) >= 11 is 1.37. The molecule has 1 N–H and O–H groups in total. The van der Waals surface area contributed by atoms with Gasteiger partial charge in [-0.05, 0) is 70.0 Å². The molecule has 2 amide bonds. The highest BCUT2D eigenvalue weighted by molar-refractivity contribution is 7.22. The molecule has 2 aromatic heterocycles. The van der Waals surface area contributed by atoms with E-state index in [1.165, 1.54) is 33.5 Å². The summed E-state index contributed by atoms with van der Waals surface area (Å²) in [6.45, 7) is 5.89. The third kappa shape index (κ3) is 6.74. The number of carbonyl (C=O) groups excluding carboxylic acids is 2. The lowest BCUT2D eigenvalue weighted by Gasteiger charge is -2.28. The average molecular weight is 592 g/mol. The second kappa shape index (κ2) is 12.0. The van der Waals surface area contributed by atoms with Crippen LogP contribution in [-0.4, -0.2) is 61.8 Å². The van der Waals surface area contributed by atoms with Crippen LogP contribution in [-0.2, 0) is 9.53 Å². The predicted octanol–water partition coefficient (Wildman–Crippen LogP) is 6.25. The van der Waals surface area contributed by atoms with Crippen LogP contribution in [0, 0.1) is 5.92 Å². The van der Waals surface area contributed by atoms with Crippen molar-refractivity contribution in [3.05, 3.63) is 60.9 Å². The van der Waals surface area contributed by atoms with Gasteiger partial charge in [-0.15, -0.1) is 0 Å². The molecule has 0 bridgehead atoms. The molecule has 1 fully saturated rings. The fraction of sp³-hybridized carbons (Fsp3) is 0.310. The molecule has 12 nitrogen and oxygen atoms in total. The van der Waals surface area contributed by atoms with Crippen molar-refractivity contribution in [3.8, 4) is 17.5 Å². The molecule has 42 heavy (non-hydrogen) atoms. The van der Waals surface area contributed by atoms with Gasteiger partial charge in [0.15, 0.2) is 0 Å². The van der Waals surface area contributed by atoms with E-state index in [4.69, 9.17) is 19.3 Å². The second-order valence-corrected chi connectivity index (χ2v) is 11.5. The van der Waals surface area contributed by atoms with Gasteiger partial charge in [0.2, 0.25) is 5.13 Å². The highest BCUT2D eigenvalue weighted by atomic mass is 32.1. The van der Waals surface area contributed by atoms with Crippen LogP contribution in [0.5, 0.6) is 17.5 Å². The van der Waals surface area contributed by atoms with E-state index >= 15 is 0 Å². The van der Waals surface area contributed by atoms with E-state index in [1.54, 1.807) is 45.0 Å². The molecule has 1 aliphatic heterocycles. The van der Waals surface area contributed by atoms with Crippen molar-refractivity contribution in [2.24, 2.45) is 5.92 Å². The molecule has 0 radical (unpaired) electrons. The molecular weight excluding hydrogens is 562 g/mol. The maximum Gasteiger partial charge on any atom is 0.421 e. The first-order valence-electron chi connectivity index (χ1n) is 13.2. The van der Waals surface area contributed by atoms with Crippen LogP contribution in [0.3, 0.4) is 0 Å². The monoisotopic (exact) mass is 591 g/mol. The highest BCUT2D eigenvalue weighted by Crippen LogP contribution is 2.36. The van der Waals surface area contributed by atoms with Gasteiger partial charge < -0.3 is 24.2 Å². The summed E-state index contributed by atoms with van der Waals surface area (Å²) in [5, 5.41) is 9.58. The number of ether oxygens (including phenoxy) is 3. The molecule has 4 aromatic rings. The number of amides is 2. The molecule has 218 valence electrons. The van der Waals surface area contributed by atoms with E-state index < -0.39 is 29.7 Å². The van der Waals surface area contributed by atoms with Gasteiger partial charge >= 0.3 is 18.2 Å². The van der Waals surface area contributed by atoms with E-state index in [0.717, 1.165) is 10.2 Å². The van der Waals surface area contributed by atoms with Crippen LogP contribution < -0.4 is 14.4 Å². The number of aromatic nitrogens is 3. The number of esters is 1.